The lowest BCUT2D eigenvalue weighted by molar-refractivity contribution is 0.0857. The molecule has 0 aliphatic carbocycles. The van der Waals surface area contributed by atoms with Crippen LogP contribution in [0.15, 0.2) is 47.5 Å². The van der Waals surface area contributed by atoms with Crippen LogP contribution in [-0.4, -0.2) is 39.5 Å². The van der Waals surface area contributed by atoms with Gasteiger partial charge in [0.1, 0.15) is 5.69 Å². The van der Waals surface area contributed by atoms with Crippen LogP contribution in [0.25, 0.3) is 16.9 Å². The van der Waals surface area contributed by atoms with Gasteiger partial charge in [-0.1, -0.05) is 18.2 Å². The Morgan fingerprint density at radius 1 is 1.31 bits per heavy atom. The van der Waals surface area contributed by atoms with Crippen molar-refractivity contribution >= 4 is 5.91 Å². The van der Waals surface area contributed by atoms with Crippen molar-refractivity contribution in [3.8, 4) is 16.9 Å². The van der Waals surface area contributed by atoms with Gasteiger partial charge in [-0.2, -0.15) is 9.78 Å². The van der Waals surface area contributed by atoms with Crippen LogP contribution in [0, 0.1) is 0 Å². The van der Waals surface area contributed by atoms with Crippen molar-refractivity contribution in [3.63, 3.8) is 0 Å². The van der Waals surface area contributed by atoms with Gasteiger partial charge in [-0.05, 0) is 25.0 Å². The van der Waals surface area contributed by atoms with Gasteiger partial charge in [0, 0.05) is 32.6 Å². The van der Waals surface area contributed by atoms with Crippen LogP contribution in [0.3, 0.4) is 0 Å². The number of hydrogen-bond donors (Lipinski definition) is 1. The Kier molecular flexibility index (Phi) is 4.30. The summed E-state index contributed by atoms with van der Waals surface area (Å²) in [7, 11) is 1.79. The molecule has 1 atom stereocenters. The molecule has 134 valence electrons. The van der Waals surface area contributed by atoms with Crippen molar-refractivity contribution in [2.75, 3.05) is 13.2 Å². The van der Waals surface area contributed by atoms with Gasteiger partial charge in [-0.25, -0.2) is 0 Å². The van der Waals surface area contributed by atoms with Gasteiger partial charge < -0.3 is 14.6 Å². The minimum absolute atomic E-state index is 0.0591. The highest BCUT2D eigenvalue weighted by Crippen LogP contribution is 2.22. The van der Waals surface area contributed by atoms with E-state index in [0.717, 1.165) is 19.4 Å². The summed E-state index contributed by atoms with van der Waals surface area (Å²) in [5.74, 6) is -0.251. The second-order valence-corrected chi connectivity index (χ2v) is 6.50. The van der Waals surface area contributed by atoms with Crippen molar-refractivity contribution in [2.24, 2.45) is 7.05 Å². The first-order valence-electron chi connectivity index (χ1n) is 8.68. The minimum Gasteiger partial charge on any atom is -0.376 e. The fourth-order valence-electron chi connectivity index (χ4n) is 3.25. The number of carbonyl (C=O) groups is 1. The summed E-state index contributed by atoms with van der Waals surface area (Å²) in [4.78, 5) is 25.5. The molecule has 0 spiro atoms. The lowest BCUT2D eigenvalue weighted by Crippen LogP contribution is -2.32. The summed E-state index contributed by atoms with van der Waals surface area (Å²) >= 11 is 0. The molecule has 1 saturated heterocycles. The summed E-state index contributed by atoms with van der Waals surface area (Å²) in [6.45, 7) is 1.20. The summed E-state index contributed by atoms with van der Waals surface area (Å²) < 4.78 is 8.59. The van der Waals surface area contributed by atoms with Crippen LogP contribution < -0.4 is 10.9 Å². The molecule has 1 fully saturated rings. The molecule has 3 aliphatic heterocycles. The van der Waals surface area contributed by atoms with E-state index < -0.39 is 0 Å². The summed E-state index contributed by atoms with van der Waals surface area (Å²) in [5.41, 5.74) is 1.63. The third-order valence-corrected chi connectivity index (χ3v) is 4.56. The monoisotopic (exact) mass is 352 g/mol. The minimum atomic E-state index is -0.251. The van der Waals surface area contributed by atoms with E-state index in [1.807, 2.05) is 30.3 Å². The van der Waals surface area contributed by atoms with Crippen molar-refractivity contribution < 1.29 is 9.53 Å². The number of nitrogens with zero attached hydrogens (tertiary/aromatic N) is 3. The highest BCUT2D eigenvalue weighted by Gasteiger charge is 2.25. The van der Waals surface area contributed by atoms with E-state index >= 15 is 0 Å². The van der Waals surface area contributed by atoms with E-state index in [1.54, 1.807) is 24.0 Å². The molecular formula is C19H20N4O3. The highest BCUT2D eigenvalue weighted by atomic mass is 16.5. The number of amides is 1. The molecule has 7 nitrogen and oxygen atoms in total. The Morgan fingerprint density at radius 3 is 2.85 bits per heavy atom. The topological polar surface area (TPSA) is 78.2 Å². The molecule has 0 radical (unpaired) electrons. The highest BCUT2D eigenvalue weighted by molar-refractivity contribution is 5.99. The predicted octanol–water partition coefficient (Wildman–Crippen LogP) is 1.58. The molecule has 1 unspecified atom stereocenters. The zero-order chi connectivity index (χ0) is 18.1. The predicted molar refractivity (Wildman–Crippen MR) is 96.7 cm³/mol. The summed E-state index contributed by atoms with van der Waals surface area (Å²) in [5, 5.41) is 7.32. The lowest BCUT2D eigenvalue weighted by atomic mass is 10.1. The Labute approximate surface area is 150 Å². The van der Waals surface area contributed by atoms with Gasteiger partial charge in [0.25, 0.3) is 11.5 Å². The standard InChI is InChI=1S/C19H20N4O3/c1-22-11-15(18(24)20-10-14-8-5-9-26-14)17-16(12-22)19(25)23(21-17)13-6-3-2-4-7-13/h2-4,6-7,11-12,14H,5,8-10H2,1H3,(H,20,24). The van der Waals surface area contributed by atoms with Crippen molar-refractivity contribution in [2.45, 2.75) is 18.9 Å². The van der Waals surface area contributed by atoms with E-state index in [1.165, 1.54) is 4.68 Å². The quantitative estimate of drug-likeness (QED) is 0.773. The maximum absolute atomic E-state index is 12.8. The van der Waals surface area contributed by atoms with Crippen molar-refractivity contribution in [1.82, 2.24) is 19.7 Å². The second kappa shape index (κ2) is 6.76. The van der Waals surface area contributed by atoms with Crippen LogP contribution >= 0.6 is 0 Å². The first kappa shape index (κ1) is 16.5. The Balaban J connectivity index is 1.70. The number of fused-ring (bicyclic) bond motifs is 1. The third kappa shape index (κ3) is 3.01. The molecule has 1 aromatic carbocycles. The third-order valence-electron chi connectivity index (χ3n) is 4.56. The van der Waals surface area contributed by atoms with Gasteiger partial charge in [0.05, 0.1) is 22.9 Å². The van der Waals surface area contributed by atoms with Crippen molar-refractivity contribution in [3.05, 3.63) is 58.6 Å². The fourth-order valence-corrected chi connectivity index (χ4v) is 3.25. The molecule has 1 aromatic rings. The zero-order valence-corrected chi connectivity index (χ0v) is 14.5. The molecule has 3 aliphatic rings. The summed E-state index contributed by atoms with van der Waals surface area (Å²) in [6, 6.07) is 9.18. The van der Waals surface area contributed by atoms with Gasteiger partial charge in [0.15, 0.2) is 0 Å². The smallest absolute Gasteiger partial charge is 0.282 e. The van der Waals surface area contributed by atoms with Crippen LogP contribution in [-0.2, 0) is 11.8 Å². The first-order valence-corrected chi connectivity index (χ1v) is 8.68. The van der Waals surface area contributed by atoms with Crippen LogP contribution in [0.4, 0.5) is 0 Å². The number of rotatable bonds is 4. The number of carbonyl (C=O) groups excluding carboxylic acids is 1. The number of para-hydroxylation sites is 1. The molecule has 3 heterocycles. The molecule has 0 bridgehead atoms. The van der Waals surface area contributed by atoms with Gasteiger partial charge >= 0.3 is 0 Å². The molecule has 7 heteroatoms. The van der Waals surface area contributed by atoms with E-state index in [9.17, 15) is 9.59 Å². The maximum Gasteiger partial charge on any atom is 0.282 e. The lowest BCUT2D eigenvalue weighted by Gasteiger charge is -2.12. The SMILES string of the molecule is Cn1cc(C(=O)NCC2CCCO2)c2nn(-c3ccccc3)c(=O)c-2c1. The van der Waals surface area contributed by atoms with E-state index in [4.69, 9.17) is 4.74 Å². The van der Waals surface area contributed by atoms with Gasteiger partial charge in [0.2, 0.25) is 0 Å². The Bertz CT molecular complexity index is 955. The number of pyridine rings is 1. The molecule has 26 heavy (non-hydrogen) atoms. The number of aromatic nitrogens is 3. The number of ether oxygens (including phenoxy) is 1. The fraction of sp³-hybridized carbons (Fsp3) is 0.316. The number of hydrogen-bond acceptors (Lipinski definition) is 4. The Hall–Kier alpha value is -2.93. The van der Waals surface area contributed by atoms with Crippen molar-refractivity contribution in [1.29, 1.82) is 0 Å². The van der Waals surface area contributed by atoms with E-state index in [-0.39, 0.29) is 17.6 Å². The molecule has 0 saturated carbocycles. The largest absolute Gasteiger partial charge is 0.376 e. The normalized spacial score (nSPS) is 16.9. The molecule has 1 amide bonds. The average molecular weight is 352 g/mol. The number of benzene rings is 1. The Morgan fingerprint density at radius 2 is 2.12 bits per heavy atom. The van der Waals surface area contributed by atoms with E-state index in [2.05, 4.69) is 10.4 Å². The molecule has 4 rings (SSSR count). The zero-order valence-electron chi connectivity index (χ0n) is 14.5. The summed E-state index contributed by atoms with van der Waals surface area (Å²) in [6.07, 6.45) is 5.41. The van der Waals surface area contributed by atoms with E-state index in [0.29, 0.717) is 29.1 Å². The number of nitrogens with one attached hydrogen (secondary N) is 1. The first-order chi connectivity index (χ1) is 12.6. The number of aryl methyl sites for hydroxylation is 1. The maximum atomic E-state index is 12.8. The van der Waals surface area contributed by atoms with Crippen LogP contribution in [0.1, 0.15) is 23.2 Å². The van der Waals surface area contributed by atoms with Crippen LogP contribution in [0.2, 0.25) is 0 Å². The molecule has 1 N–H and O–H groups in total. The molecule has 0 aromatic heterocycles. The van der Waals surface area contributed by atoms with Crippen LogP contribution in [0.5, 0.6) is 0 Å². The molecular weight excluding hydrogens is 332 g/mol. The van der Waals surface area contributed by atoms with Gasteiger partial charge in [-0.3, -0.25) is 9.59 Å². The van der Waals surface area contributed by atoms with Gasteiger partial charge in [-0.15, -0.1) is 0 Å². The average Bonchev–Trinajstić information content (AvgIpc) is 3.28. The second-order valence-electron chi connectivity index (χ2n) is 6.50.